The maximum absolute atomic E-state index is 14.1. The number of pyridine rings is 2. The second kappa shape index (κ2) is 9.76. The number of ether oxygens (including phenoxy) is 1. The van der Waals surface area contributed by atoms with E-state index in [4.69, 9.17) is 15.9 Å². The van der Waals surface area contributed by atoms with Crippen LogP contribution < -0.4 is 15.9 Å². The van der Waals surface area contributed by atoms with Gasteiger partial charge in [0, 0.05) is 23.8 Å². The van der Waals surface area contributed by atoms with Crippen LogP contribution in [0.1, 0.15) is 39.6 Å². The van der Waals surface area contributed by atoms with Gasteiger partial charge >= 0.3 is 18.6 Å². The number of carboxylic acid groups (broad SMARTS) is 2. The van der Waals surface area contributed by atoms with Gasteiger partial charge in [0.05, 0.1) is 22.2 Å². The third-order valence-electron chi connectivity index (χ3n) is 5.56. The molecule has 2 aromatic heterocycles. The quantitative estimate of drug-likeness (QED) is 0.259. The lowest BCUT2D eigenvalue weighted by molar-refractivity contribution is -0.0516. The average Bonchev–Trinajstić information content (AvgIpc) is 3.70. The van der Waals surface area contributed by atoms with E-state index < -0.39 is 63.5 Å². The zero-order valence-electron chi connectivity index (χ0n) is 18.6. The van der Waals surface area contributed by atoms with E-state index in [2.05, 4.69) is 9.72 Å². The van der Waals surface area contributed by atoms with Gasteiger partial charge in [-0.15, -0.1) is 0 Å². The summed E-state index contributed by atoms with van der Waals surface area (Å²) in [6.07, 6.45) is 3.36. The number of hydrogen-bond acceptors (Lipinski definition) is 6. The van der Waals surface area contributed by atoms with Crippen LogP contribution in [-0.4, -0.2) is 38.3 Å². The maximum atomic E-state index is 14.1. The number of carboxylic acids is 2. The lowest BCUT2D eigenvalue weighted by Gasteiger charge is -2.18. The summed E-state index contributed by atoms with van der Waals surface area (Å²) in [5.74, 6) is -7.24. The standard InChI is InChI=1S/C14H10F4N2O4.C10H7NO2/c15-7-8(16)12(24-14(17)18)10-6(9(7)19)11(21)5(13(22)23)3-20(10)4-1-2-4;12-10(13)8-5-7-3-1-2-4-9(7)11-6-8/h3-4,14H,1-2,19H2,(H,22,23);1-6H,(H,12,13). The van der Waals surface area contributed by atoms with Gasteiger partial charge in [0.25, 0.3) is 0 Å². The Hall–Kier alpha value is -4.68. The highest BCUT2D eigenvalue weighted by Gasteiger charge is 2.33. The van der Waals surface area contributed by atoms with Crippen molar-refractivity contribution in [2.75, 3.05) is 5.73 Å². The van der Waals surface area contributed by atoms with Gasteiger partial charge in [-0.05, 0) is 25.0 Å². The first kappa shape index (κ1) is 25.4. The molecule has 9 nitrogen and oxygen atoms in total. The Morgan fingerprint density at radius 1 is 1.11 bits per heavy atom. The molecule has 0 radical (unpaired) electrons. The van der Waals surface area contributed by atoms with E-state index in [0.717, 1.165) is 21.7 Å². The highest BCUT2D eigenvalue weighted by molar-refractivity contribution is 6.00. The first-order valence-electron chi connectivity index (χ1n) is 10.6. The molecule has 0 spiro atoms. The molecule has 1 fully saturated rings. The van der Waals surface area contributed by atoms with E-state index >= 15 is 0 Å². The van der Waals surface area contributed by atoms with Crippen molar-refractivity contribution in [2.45, 2.75) is 25.5 Å². The van der Waals surface area contributed by atoms with Crippen molar-refractivity contribution in [3.05, 3.63) is 75.7 Å². The number of nitrogens with two attached hydrogens (primary N) is 1. The zero-order valence-corrected chi connectivity index (χ0v) is 18.6. The van der Waals surface area contributed by atoms with Crippen molar-refractivity contribution >= 4 is 39.4 Å². The fourth-order valence-electron chi connectivity index (χ4n) is 3.72. The Labute approximate surface area is 204 Å². The fraction of sp³-hybridized carbons (Fsp3) is 0.167. The third kappa shape index (κ3) is 4.87. The van der Waals surface area contributed by atoms with Crippen LogP contribution in [0.15, 0.2) is 47.5 Å². The number of nitrogens with zero attached hydrogens (tertiary/aromatic N) is 2. The number of benzene rings is 2. The molecule has 1 aliphatic carbocycles. The van der Waals surface area contributed by atoms with Gasteiger partial charge in [-0.2, -0.15) is 13.2 Å². The summed E-state index contributed by atoms with van der Waals surface area (Å²) in [6, 6.07) is 8.68. The van der Waals surface area contributed by atoms with Gasteiger partial charge in [-0.25, -0.2) is 14.0 Å². The fourth-order valence-corrected chi connectivity index (χ4v) is 3.72. The number of alkyl halides is 2. The molecule has 0 aliphatic heterocycles. The van der Waals surface area contributed by atoms with Crippen molar-refractivity contribution in [3.63, 3.8) is 0 Å². The van der Waals surface area contributed by atoms with Crippen LogP contribution in [0.3, 0.4) is 0 Å². The van der Waals surface area contributed by atoms with Gasteiger partial charge in [-0.3, -0.25) is 9.78 Å². The van der Waals surface area contributed by atoms with Gasteiger partial charge < -0.3 is 25.3 Å². The summed E-state index contributed by atoms with van der Waals surface area (Å²) >= 11 is 0. The molecule has 0 atom stereocenters. The molecular formula is C24H17F4N3O6. The third-order valence-corrected chi connectivity index (χ3v) is 5.56. The molecule has 4 aromatic rings. The van der Waals surface area contributed by atoms with Gasteiger partial charge in [0.2, 0.25) is 11.2 Å². The Bertz CT molecular complexity index is 1620. The molecular weight excluding hydrogens is 502 g/mol. The summed E-state index contributed by atoms with van der Waals surface area (Å²) in [7, 11) is 0. The number of fused-ring (bicyclic) bond motifs is 2. The van der Waals surface area contributed by atoms with E-state index in [0.29, 0.717) is 12.8 Å². The smallest absolute Gasteiger partial charge is 0.387 e. The minimum absolute atomic E-state index is 0.221. The average molecular weight is 519 g/mol. The topological polar surface area (TPSA) is 145 Å². The highest BCUT2D eigenvalue weighted by Crippen LogP contribution is 2.42. The van der Waals surface area contributed by atoms with Crippen LogP contribution in [-0.2, 0) is 0 Å². The van der Waals surface area contributed by atoms with Crippen LogP contribution >= 0.6 is 0 Å². The number of carbonyl (C=O) groups is 2. The van der Waals surface area contributed by atoms with E-state index in [-0.39, 0.29) is 11.6 Å². The van der Waals surface area contributed by atoms with Crippen LogP contribution in [0.2, 0.25) is 0 Å². The largest absolute Gasteiger partial charge is 0.478 e. The highest BCUT2D eigenvalue weighted by atomic mass is 19.3. The van der Waals surface area contributed by atoms with E-state index in [1.54, 1.807) is 6.07 Å². The summed E-state index contributed by atoms with van der Waals surface area (Å²) < 4.78 is 58.3. The van der Waals surface area contributed by atoms with Crippen molar-refractivity contribution in [1.82, 2.24) is 9.55 Å². The number of halogens is 4. The van der Waals surface area contributed by atoms with Gasteiger partial charge in [-0.1, -0.05) is 18.2 Å². The SMILES string of the molecule is Nc1c(F)c(F)c(OC(F)F)c2c1c(=O)c(C(=O)O)cn2C1CC1.O=C(O)c1cnc2ccccc2c1. The predicted molar refractivity (Wildman–Crippen MR) is 123 cm³/mol. The number of hydrogen-bond donors (Lipinski definition) is 3. The van der Waals surface area contributed by atoms with E-state index in [1.165, 1.54) is 6.20 Å². The van der Waals surface area contributed by atoms with Gasteiger partial charge in [0.15, 0.2) is 11.6 Å². The Kier molecular flexibility index (Phi) is 6.70. The minimum atomic E-state index is -3.48. The molecule has 0 unspecified atom stereocenters. The molecule has 0 saturated heterocycles. The van der Waals surface area contributed by atoms with Crippen molar-refractivity contribution in [3.8, 4) is 5.75 Å². The summed E-state index contributed by atoms with van der Waals surface area (Å²) in [5, 5.41) is 18.0. The monoisotopic (exact) mass is 519 g/mol. The molecule has 192 valence electrons. The molecule has 2 aromatic carbocycles. The van der Waals surface area contributed by atoms with Crippen LogP contribution in [0.5, 0.6) is 5.75 Å². The summed E-state index contributed by atoms with van der Waals surface area (Å²) in [4.78, 5) is 38.1. The number of aromatic nitrogens is 2. The van der Waals surface area contributed by atoms with Crippen molar-refractivity contribution < 1.29 is 42.1 Å². The molecule has 37 heavy (non-hydrogen) atoms. The van der Waals surface area contributed by atoms with Crippen LogP contribution in [0.4, 0.5) is 23.2 Å². The molecule has 5 rings (SSSR count). The first-order valence-corrected chi connectivity index (χ1v) is 10.6. The summed E-state index contributed by atoms with van der Waals surface area (Å²) in [6.45, 7) is -3.48. The second-order valence-electron chi connectivity index (χ2n) is 8.01. The predicted octanol–water partition coefficient (Wildman–Crippen LogP) is 4.43. The van der Waals surface area contributed by atoms with E-state index in [1.807, 2.05) is 24.3 Å². The molecule has 1 saturated carbocycles. The van der Waals surface area contributed by atoms with Crippen LogP contribution in [0.25, 0.3) is 21.8 Å². The second-order valence-corrected chi connectivity index (χ2v) is 8.01. The number of para-hydroxylation sites is 1. The van der Waals surface area contributed by atoms with Gasteiger partial charge in [0.1, 0.15) is 11.1 Å². The van der Waals surface area contributed by atoms with E-state index in [9.17, 15) is 31.9 Å². The molecule has 0 amide bonds. The first-order chi connectivity index (χ1) is 17.5. The molecule has 2 heterocycles. The Morgan fingerprint density at radius 3 is 2.38 bits per heavy atom. The minimum Gasteiger partial charge on any atom is -0.478 e. The lowest BCUT2D eigenvalue weighted by atomic mass is 10.1. The molecule has 4 N–H and O–H groups in total. The van der Waals surface area contributed by atoms with Crippen molar-refractivity contribution in [2.24, 2.45) is 0 Å². The number of nitrogen functional groups attached to an aromatic ring is 1. The zero-order chi connectivity index (χ0) is 27.0. The molecule has 0 bridgehead atoms. The number of aromatic carboxylic acids is 2. The Morgan fingerprint density at radius 2 is 1.78 bits per heavy atom. The maximum Gasteiger partial charge on any atom is 0.387 e. The van der Waals surface area contributed by atoms with Crippen LogP contribution in [0, 0.1) is 11.6 Å². The molecule has 13 heteroatoms. The van der Waals surface area contributed by atoms with Crippen molar-refractivity contribution in [1.29, 1.82) is 0 Å². The lowest BCUT2D eigenvalue weighted by Crippen LogP contribution is -2.22. The number of anilines is 1. The molecule has 1 aliphatic rings. The Balaban J connectivity index is 0.000000207. The summed E-state index contributed by atoms with van der Waals surface area (Å²) in [5.41, 5.74) is 3.08. The number of rotatable bonds is 5. The normalized spacial score (nSPS) is 12.9.